The fourth-order valence-corrected chi connectivity index (χ4v) is 2.62. The van der Waals surface area contributed by atoms with E-state index in [0.29, 0.717) is 23.6 Å². The lowest BCUT2D eigenvalue weighted by Gasteiger charge is -2.27. The van der Waals surface area contributed by atoms with E-state index in [2.05, 4.69) is 46.4 Å². The molecule has 2 aromatic rings. The van der Waals surface area contributed by atoms with Crippen LogP contribution in [0.3, 0.4) is 0 Å². The molecule has 0 radical (unpaired) electrons. The number of amides is 1. The molecule has 1 aromatic carbocycles. The van der Waals surface area contributed by atoms with Crippen molar-refractivity contribution in [1.29, 1.82) is 0 Å². The minimum Gasteiger partial charge on any atom is -0.359 e. The van der Waals surface area contributed by atoms with E-state index in [0.717, 1.165) is 5.56 Å². The Morgan fingerprint density at radius 2 is 1.96 bits per heavy atom. The number of hydrogen-bond donors (Lipinski definition) is 2. The van der Waals surface area contributed by atoms with Crippen LogP contribution in [0.2, 0.25) is 0 Å². The van der Waals surface area contributed by atoms with Crippen molar-refractivity contribution in [3.05, 3.63) is 41.3 Å². The summed E-state index contributed by atoms with van der Waals surface area (Å²) in [7, 11) is 3.22. The van der Waals surface area contributed by atoms with Gasteiger partial charge in [0.1, 0.15) is 5.82 Å². The highest BCUT2D eigenvalue weighted by Crippen LogP contribution is 2.23. The summed E-state index contributed by atoms with van der Waals surface area (Å²) < 4.78 is 14.0. The lowest BCUT2D eigenvalue weighted by atomic mass is 9.96. The average Bonchev–Trinajstić information content (AvgIpc) is 2.55. The van der Waals surface area contributed by atoms with Gasteiger partial charge < -0.3 is 10.2 Å². The summed E-state index contributed by atoms with van der Waals surface area (Å²) in [5.74, 6) is -0.412. The number of benzene rings is 1. The highest BCUT2D eigenvalue weighted by molar-refractivity contribution is 5.94. The number of aryl methyl sites for hydroxylation is 1. The number of carbonyl (C=O) groups excluding carboxylic acids is 1. The lowest BCUT2D eigenvalue weighted by Crippen LogP contribution is -2.30. The van der Waals surface area contributed by atoms with Crippen LogP contribution in [0.5, 0.6) is 0 Å². The first kappa shape index (κ1) is 20.6. The first-order chi connectivity index (χ1) is 12.6. The Balaban J connectivity index is 2.29. The normalized spacial score (nSPS) is 11.2. The van der Waals surface area contributed by atoms with Crippen molar-refractivity contribution in [3.8, 4) is 0 Å². The second kappa shape index (κ2) is 8.30. The van der Waals surface area contributed by atoms with E-state index in [9.17, 15) is 9.18 Å². The molecule has 8 heteroatoms. The topological polar surface area (TPSA) is 79.4 Å². The van der Waals surface area contributed by atoms with Crippen LogP contribution in [0, 0.1) is 18.3 Å². The molecule has 0 fully saturated rings. The summed E-state index contributed by atoms with van der Waals surface area (Å²) in [6.07, 6.45) is 0. The molecule has 2 N–H and O–H groups in total. The minimum atomic E-state index is -0.630. The third-order valence-corrected chi connectivity index (χ3v) is 3.72. The Hall–Kier alpha value is -2.74. The van der Waals surface area contributed by atoms with Crippen molar-refractivity contribution < 1.29 is 14.0 Å². The molecular weight excluding hydrogens is 349 g/mol. The van der Waals surface area contributed by atoms with Crippen LogP contribution in [-0.4, -0.2) is 36.6 Å². The number of rotatable bonds is 6. The van der Waals surface area contributed by atoms with Gasteiger partial charge >= 0.3 is 0 Å². The summed E-state index contributed by atoms with van der Waals surface area (Å²) in [4.78, 5) is 26.7. The van der Waals surface area contributed by atoms with Gasteiger partial charge in [0, 0.05) is 30.9 Å². The molecule has 27 heavy (non-hydrogen) atoms. The van der Waals surface area contributed by atoms with E-state index in [1.165, 1.54) is 13.2 Å². The van der Waals surface area contributed by atoms with E-state index in [1.807, 2.05) is 18.9 Å². The molecule has 1 amide bonds. The summed E-state index contributed by atoms with van der Waals surface area (Å²) in [5, 5.41) is 3.00. The van der Waals surface area contributed by atoms with Crippen molar-refractivity contribution in [2.45, 2.75) is 27.7 Å². The summed E-state index contributed by atoms with van der Waals surface area (Å²) >= 11 is 0. The monoisotopic (exact) mass is 375 g/mol. The van der Waals surface area contributed by atoms with Crippen molar-refractivity contribution in [2.75, 3.05) is 30.9 Å². The minimum absolute atomic E-state index is 0.0311. The maximum atomic E-state index is 14.0. The van der Waals surface area contributed by atoms with Gasteiger partial charge in [-0.3, -0.25) is 9.63 Å². The van der Waals surface area contributed by atoms with Crippen molar-refractivity contribution in [3.63, 3.8) is 0 Å². The first-order valence-electron chi connectivity index (χ1n) is 8.56. The zero-order valence-electron chi connectivity index (χ0n) is 16.6. The zero-order valence-corrected chi connectivity index (χ0v) is 16.6. The zero-order chi connectivity index (χ0) is 20.2. The molecule has 0 saturated carbocycles. The second-order valence-electron chi connectivity index (χ2n) is 7.58. The van der Waals surface area contributed by atoms with Crippen LogP contribution in [0.15, 0.2) is 24.3 Å². The number of anilines is 3. The molecule has 1 heterocycles. The maximum Gasteiger partial charge on any atom is 0.274 e. The molecular formula is C19H26FN5O2. The fourth-order valence-electron chi connectivity index (χ4n) is 2.62. The van der Waals surface area contributed by atoms with Gasteiger partial charge in [0.15, 0.2) is 0 Å². The number of halogens is 1. The average molecular weight is 375 g/mol. The smallest absolute Gasteiger partial charge is 0.274 e. The molecule has 0 atom stereocenters. The summed E-state index contributed by atoms with van der Waals surface area (Å²) in [6, 6.07) is 6.38. The third kappa shape index (κ3) is 5.89. The molecule has 0 bridgehead atoms. The molecule has 7 nitrogen and oxygen atoms in total. The van der Waals surface area contributed by atoms with Crippen molar-refractivity contribution in [2.24, 2.45) is 5.41 Å². The molecule has 146 valence electrons. The highest BCUT2D eigenvalue weighted by atomic mass is 19.1. The van der Waals surface area contributed by atoms with E-state index >= 15 is 0 Å². The van der Waals surface area contributed by atoms with Crippen molar-refractivity contribution in [1.82, 2.24) is 15.4 Å². The second-order valence-corrected chi connectivity index (χ2v) is 7.58. The Bertz CT molecular complexity index is 820. The van der Waals surface area contributed by atoms with Crippen LogP contribution in [0.1, 0.15) is 36.7 Å². The standard InChI is InChI=1S/C19H26FN5O2/c1-12-7-8-13(17(26)24-27-6)9-14(12)21-18-22-15(20)10-16(23-18)25(5)11-19(2,3)4/h7-10H,11H2,1-6H3,(H,24,26)(H,21,22,23). The summed E-state index contributed by atoms with van der Waals surface area (Å²) in [6.45, 7) is 8.86. The van der Waals surface area contributed by atoms with Crippen LogP contribution >= 0.6 is 0 Å². The molecule has 0 aliphatic rings. The molecule has 2 rings (SSSR count). The first-order valence-corrected chi connectivity index (χ1v) is 8.56. The predicted molar refractivity (Wildman–Crippen MR) is 104 cm³/mol. The van der Waals surface area contributed by atoms with Gasteiger partial charge in [-0.05, 0) is 30.0 Å². The highest BCUT2D eigenvalue weighted by Gasteiger charge is 2.17. The van der Waals surface area contributed by atoms with Gasteiger partial charge in [0.25, 0.3) is 5.91 Å². The van der Waals surface area contributed by atoms with Gasteiger partial charge in [-0.2, -0.15) is 14.4 Å². The predicted octanol–water partition coefficient (Wildman–Crippen LogP) is 3.44. The molecule has 0 aliphatic heterocycles. The van der Waals surface area contributed by atoms with Crippen molar-refractivity contribution >= 4 is 23.4 Å². The Kier molecular flexibility index (Phi) is 6.32. The van der Waals surface area contributed by atoms with Crippen LogP contribution in [-0.2, 0) is 4.84 Å². The Morgan fingerprint density at radius 1 is 1.26 bits per heavy atom. The SMILES string of the molecule is CONC(=O)c1ccc(C)c(Nc2nc(F)cc(N(C)CC(C)(C)C)n2)c1. The lowest BCUT2D eigenvalue weighted by molar-refractivity contribution is 0.0537. The van der Waals surface area contributed by atoms with Crippen LogP contribution < -0.4 is 15.7 Å². The van der Waals surface area contributed by atoms with E-state index < -0.39 is 5.95 Å². The fraction of sp³-hybridized carbons (Fsp3) is 0.421. The van der Waals surface area contributed by atoms with Crippen LogP contribution in [0.25, 0.3) is 0 Å². The van der Waals surface area contributed by atoms with Gasteiger partial charge in [-0.1, -0.05) is 26.8 Å². The van der Waals surface area contributed by atoms with Gasteiger partial charge in [0.2, 0.25) is 11.9 Å². The van der Waals surface area contributed by atoms with Gasteiger partial charge in [-0.25, -0.2) is 5.48 Å². The number of nitrogens with one attached hydrogen (secondary N) is 2. The van der Waals surface area contributed by atoms with E-state index in [-0.39, 0.29) is 17.3 Å². The number of hydroxylamine groups is 1. The molecule has 1 aromatic heterocycles. The largest absolute Gasteiger partial charge is 0.359 e. The number of carbonyl (C=O) groups is 1. The molecule has 0 saturated heterocycles. The number of hydrogen-bond acceptors (Lipinski definition) is 6. The van der Waals surface area contributed by atoms with Crippen LogP contribution in [0.4, 0.5) is 21.8 Å². The third-order valence-electron chi connectivity index (χ3n) is 3.72. The van der Waals surface area contributed by atoms with Gasteiger partial charge in [-0.15, -0.1) is 0 Å². The maximum absolute atomic E-state index is 14.0. The molecule has 0 unspecified atom stereocenters. The quantitative estimate of drug-likeness (QED) is 0.595. The molecule has 0 spiro atoms. The van der Waals surface area contributed by atoms with E-state index in [4.69, 9.17) is 0 Å². The summed E-state index contributed by atoms with van der Waals surface area (Å²) in [5.41, 5.74) is 4.16. The number of aromatic nitrogens is 2. The Morgan fingerprint density at radius 3 is 2.59 bits per heavy atom. The number of nitrogens with zero attached hydrogens (tertiary/aromatic N) is 3. The molecule has 0 aliphatic carbocycles. The van der Waals surface area contributed by atoms with E-state index in [1.54, 1.807) is 18.2 Å². The Labute approximate surface area is 158 Å². The van der Waals surface area contributed by atoms with Gasteiger partial charge in [0.05, 0.1) is 7.11 Å².